The van der Waals surface area contributed by atoms with Gasteiger partial charge in [-0.3, -0.25) is 0 Å². The minimum Gasteiger partial charge on any atom is -0.477 e. The largest absolute Gasteiger partial charge is 0.477 e. The lowest BCUT2D eigenvalue weighted by atomic mass is 10.1. The van der Waals surface area contributed by atoms with E-state index in [1.807, 2.05) is 38.1 Å². The van der Waals surface area contributed by atoms with Gasteiger partial charge in [0.15, 0.2) is 0 Å². The molecule has 1 aromatic heterocycles. The van der Waals surface area contributed by atoms with Crippen molar-refractivity contribution in [3.8, 4) is 5.88 Å². The highest BCUT2D eigenvalue weighted by Gasteiger charge is 2.15. The van der Waals surface area contributed by atoms with Crippen LogP contribution in [-0.2, 0) is 0 Å². The fraction of sp³-hybridized carbons (Fsp3) is 0.231. The maximum Gasteiger partial charge on any atom is 0.341 e. The molecule has 0 radical (unpaired) electrons. The van der Waals surface area contributed by atoms with Gasteiger partial charge in [-0.25, -0.2) is 9.78 Å². The monoisotopic (exact) mass is 231 g/mol. The maximum atomic E-state index is 11.1. The zero-order valence-electron chi connectivity index (χ0n) is 9.68. The van der Waals surface area contributed by atoms with E-state index in [-0.39, 0.29) is 17.5 Å². The van der Waals surface area contributed by atoms with Gasteiger partial charge in [-0.15, -0.1) is 0 Å². The van der Waals surface area contributed by atoms with Gasteiger partial charge in [0.2, 0.25) is 5.88 Å². The number of rotatable bonds is 3. The van der Waals surface area contributed by atoms with E-state index in [1.165, 1.54) is 0 Å². The van der Waals surface area contributed by atoms with Crippen molar-refractivity contribution in [1.82, 2.24) is 4.98 Å². The summed E-state index contributed by atoms with van der Waals surface area (Å²) < 4.78 is 5.42. The topological polar surface area (TPSA) is 59.4 Å². The van der Waals surface area contributed by atoms with Crippen LogP contribution in [0, 0.1) is 0 Å². The summed E-state index contributed by atoms with van der Waals surface area (Å²) in [5.41, 5.74) is 0.825. The van der Waals surface area contributed by atoms with Crippen molar-refractivity contribution in [3.05, 3.63) is 35.9 Å². The number of nitrogens with zero attached hydrogens (tertiary/aromatic N) is 1. The molecule has 2 rings (SSSR count). The van der Waals surface area contributed by atoms with Crippen LogP contribution in [0.25, 0.3) is 10.9 Å². The van der Waals surface area contributed by atoms with Gasteiger partial charge in [0.05, 0.1) is 11.6 Å². The highest BCUT2D eigenvalue weighted by atomic mass is 16.5. The predicted octanol–water partition coefficient (Wildman–Crippen LogP) is 2.72. The number of hydrogen-bond acceptors (Lipinski definition) is 3. The van der Waals surface area contributed by atoms with Crippen molar-refractivity contribution >= 4 is 16.9 Å². The maximum absolute atomic E-state index is 11.1. The SMILES string of the molecule is CC(C)Oc1nc2ccccc2cc1C(=O)O. The van der Waals surface area contributed by atoms with E-state index < -0.39 is 5.97 Å². The van der Waals surface area contributed by atoms with E-state index >= 15 is 0 Å². The smallest absolute Gasteiger partial charge is 0.341 e. The Labute approximate surface area is 98.9 Å². The van der Waals surface area contributed by atoms with Crippen molar-refractivity contribution in [2.75, 3.05) is 0 Å². The molecule has 1 aromatic carbocycles. The van der Waals surface area contributed by atoms with Crippen LogP contribution in [-0.4, -0.2) is 22.2 Å². The van der Waals surface area contributed by atoms with Crippen LogP contribution in [0.4, 0.5) is 0 Å². The molecule has 17 heavy (non-hydrogen) atoms. The Morgan fingerprint density at radius 3 is 2.71 bits per heavy atom. The summed E-state index contributed by atoms with van der Waals surface area (Å²) in [5.74, 6) is -0.856. The molecule has 2 aromatic rings. The van der Waals surface area contributed by atoms with Gasteiger partial charge < -0.3 is 9.84 Å². The first-order chi connectivity index (χ1) is 8.08. The third kappa shape index (κ3) is 2.36. The number of carboxylic acid groups (broad SMARTS) is 1. The Morgan fingerprint density at radius 2 is 2.06 bits per heavy atom. The molecule has 1 heterocycles. The molecule has 0 aliphatic heterocycles. The quantitative estimate of drug-likeness (QED) is 0.882. The van der Waals surface area contributed by atoms with Crippen molar-refractivity contribution in [1.29, 1.82) is 0 Å². The summed E-state index contributed by atoms with van der Waals surface area (Å²) in [6.45, 7) is 3.67. The normalized spacial score (nSPS) is 10.8. The summed E-state index contributed by atoms with van der Waals surface area (Å²) in [7, 11) is 0. The van der Waals surface area contributed by atoms with Gasteiger partial charge in [0.25, 0.3) is 0 Å². The first-order valence-corrected chi connectivity index (χ1v) is 5.37. The molecule has 0 atom stereocenters. The number of ether oxygens (including phenoxy) is 1. The molecule has 0 aliphatic carbocycles. The fourth-order valence-electron chi connectivity index (χ4n) is 1.56. The summed E-state index contributed by atoms with van der Waals surface area (Å²) in [6, 6.07) is 8.94. The molecule has 0 fully saturated rings. The lowest BCUT2D eigenvalue weighted by Gasteiger charge is -2.11. The molecular formula is C13H13NO3. The molecule has 0 aliphatic rings. The molecular weight excluding hydrogens is 218 g/mol. The highest BCUT2D eigenvalue weighted by Crippen LogP contribution is 2.23. The number of para-hydroxylation sites is 1. The fourth-order valence-corrected chi connectivity index (χ4v) is 1.56. The number of aromatic carboxylic acids is 1. The minimum absolute atomic E-state index is 0.0948. The van der Waals surface area contributed by atoms with Crippen molar-refractivity contribution in [3.63, 3.8) is 0 Å². The predicted molar refractivity (Wildman–Crippen MR) is 64.5 cm³/mol. The van der Waals surface area contributed by atoms with Crippen molar-refractivity contribution in [2.24, 2.45) is 0 Å². The Balaban J connectivity index is 2.62. The van der Waals surface area contributed by atoms with Crippen molar-refractivity contribution < 1.29 is 14.6 Å². The standard InChI is InChI=1S/C13H13NO3/c1-8(2)17-12-10(13(15)16)7-9-5-3-4-6-11(9)14-12/h3-8H,1-2H3,(H,15,16). The van der Waals surface area contributed by atoms with E-state index in [0.717, 1.165) is 10.9 Å². The third-order valence-electron chi connectivity index (χ3n) is 2.27. The summed E-state index contributed by atoms with van der Waals surface area (Å²) in [5, 5.41) is 9.91. The Bertz CT molecular complexity index is 564. The summed E-state index contributed by atoms with van der Waals surface area (Å²) in [6.07, 6.45) is -0.109. The first-order valence-electron chi connectivity index (χ1n) is 5.37. The molecule has 0 amide bonds. The first kappa shape index (κ1) is 11.4. The van der Waals surface area contributed by atoms with Crippen LogP contribution < -0.4 is 4.74 Å². The van der Waals surface area contributed by atoms with E-state index in [0.29, 0.717) is 0 Å². The molecule has 1 N–H and O–H groups in total. The van der Waals surface area contributed by atoms with Gasteiger partial charge in [-0.05, 0) is 26.0 Å². The number of carboxylic acids is 1. The van der Waals surface area contributed by atoms with Gasteiger partial charge in [0.1, 0.15) is 5.56 Å². The molecule has 4 nitrogen and oxygen atoms in total. The second kappa shape index (κ2) is 4.41. The van der Waals surface area contributed by atoms with Crippen molar-refractivity contribution in [2.45, 2.75) is 20.0 Å². The van der Waals surface area contributed by atoms with Gasteiger partial charge in [-0.1, -0.05) is 18.2 Å². The second-order valence-corrected chi connectivity index (χ2v) is 4.01. The number of hydrogen-bond donors (Lipinski definition) is 1. The Hall–Kier alpha value is -2.10. The second-order valence-electron chi connectivity index (χ2n) is 4.01. The Morgan fingerprint density at radius 1 is 1.35 bits per heavy atom. The summed E-state index contributed by atoms with van der Waals surface area (Å²) in [4.78, 5) is 15.4. The highest BCUT2D eigenvalue weighted by molar-refractivity contribution is 5.95. The number of carbonyl (C=O) groups is 1. The lowest BCUT2D eigenvalue weighted by Crippen LogP contribution is -2.11. The van der Waals surface area contributed by atoms with Gasteiger partial charge in [0, 0.05) is 5.39 Å². The van der Waals surface area contributed by atoms with Gasteiger partial charge in [-0.2, -0.15) is 0 Å². The summed E-state index contributed by atoms with van der Waals surface area (Å²) >= 11 is 0. The van der Waals surface area contributed by atoms with Gasteiger partial charge >= 0.3 is 5.97 Å². The molecule has 0 saturated heterocycles. The van der Waals surface area contributed by atoms with E-state index in [2.05, 4.69) is 4.98 Å². The zero-order chi connectivity index (χ0) is 12.4. The number of benzene rings is 1. The number of fused-ring (bicyclic) bond motifs is 1. The van der Waals surface area contributed by atoms with Crippen LogP contribution in [0.1, 0.15) is 24.2 Å². The molecule has 0 unspecified atom stereocenters. The van der Waals surface area contributed by atoms with E-state index in [9.17, 15) is 4.79 Å². The lowest BCUT2D eigenvalue weighted by molar-refractivity contribution is 0.0689. The minimum atomic E-state index is -1.03. The molecule has 4 heteroatoms. The molecule has 0 saturated carbocycles. The third-order valence-corrected chi connectivity index (χ3v) is 2.27. The van der Waals surface area contributed by atoms with Crippen LogP contribution in [0.5, 0.6) is 5.88 Å². The number of pyridine rings is 1. The average Bonchev–Trinajstić information content (AvgIpc) is 2.27. The Kier molecular flexibility index (Phi) is 2.95. The van der Waals surface area contributed by atoms with E-state index in [1.54, 1.807) is 6.07 Å². The van der Waals surface area contributed by atoms with Crippen LogP contribution in [0.2, 0.25) is 0 Å². The number of aromatic nitrogens is 1. The van der Waals surface area contributed by atoms with Crippen LogP contribution >= 0.6 is 0 Å². The zero-order valence-corrected chi connectivity index (χ0v) is 9.68. The molecule has 0 spiro atoms. The van der Waals surface area contributed by atoms with Crippen LogP contribution in [0.15, 0.2) is 30.3 Å². The van der Waals surface area contributed by atoms with E-state index in [4.69, 9.17) is 9.84 Å². The molecule has 88 valence electrons. The average molecular weight is 231 g/mol. The van der Waals surface area contributed by atoms with Crippen LogP contribution in [0.3, 0.4) is 0 Å². The molecule has 0 bridgehead atoms.